The number of methoxy groups -OCH3 is 2. The second-order valence-corrected chi connectivity index (χ2v) is 7.97. The summed E-state index contributed by atoms with van der Waals surface area (Å²) < 4.78 is 28.0. The smallest absolute Gasteiger partial charge is 0.310 e. The summed E-state index contributed by atoms with van der Waals surface area (Å²) >= 11 is 0. The van der Waals surface area contributed by atoms with E-state index in [4.69, 9.17) is 23.7 Å². The van der Waals surface area contributed by atoms with Crippen LogP contribution in [0, 0.1) is 18.8 Å². The summed E-state index contributed by atoms with van der Waals surface area (Å²) in [6.45, 7) is 4.78. The van der Waals surface area contributed by atoms with Crippen LogP contribution in [0.25, 0.3) is 0 Å². The SMILES string of the molecule is COc1cc(C2c3cc4c(cc3C(C)C3COC(=O)[C@H]23)OCO4)cc(OC)c1C. The van der Waals surface area contributed by atoms with E-state index in [2.05, 4.69) is 13.0 Å². The van der Waals surface area contributed by atoms with Crippen LogP contribution in [0.5, 0.6) is 23.0 Å². The highest BCUT2D eigenvalue weighted by molar-refractivity contribution is 5.79. The number of hydrogen-bond acceptors (Lipinski definition) is 6. The maximum Gasteiger partial charge on any atom is 0.310 e. The number of ether oxygens (including phenoxy) is 5. The number of benzene rings is 2. The van der Waals surface area contributed by atoms with Crippen LogP contribution in [0.15, 0.2) is 24.3 Å². The Kier molecular flexibility index (Phi) is 4.12. The van der Waals surface area contributed by atoms with E-state index in [1.807, 2.05) is 25.1 Å². The second kappa shape index (κ2) is 6.58. The van der Waals surface area contributed by atoms with Crippen molar-refractivity contribution >= 4 is 5.97 Å². The molecule has 5 rings (SSSR count). The molecule has 152 valence electrons. The van der Waals surface area contributed by atoms with E-state index in [1.54, 1.807) is 14.2 Å². The molecular formula is C23H24O6. The van der Waals surface area contributed by atoms with E-state index >= 15 is 0 Å². The molecule has 0 amide bonds. The summed E-state index contributed by atoms with van der Waals surface area (Å²) in [4.78, 5) is 12.8. The maximum absolute atomic E-state index is 12.8. The maximum atomic E-state index is 12.8. The zero-order valence-electron chi connectivity index (χ0n) is 17.0. The van der Waals surface area contributed by atoms with Crippen LogP contribution >= 0.6 is 0 Å². The number of hydrogen-bond donors (Lipinski definition) is 0. The minimum Gasteiger partial charge on any atom is -0.496 e. The molecule has 1 fully saturated rings. The molecule has 6 heteroatoms. The molecule has 29 heavy (non-hydrogen) atoms. The number of carbonyl (C=O) groups is 1. The van der Waals surface area contributed by atoms with E-state index in [9.17, 15) is 4.79 Å². The fourth-order valence-electron chi connectivity index (χ4n) is 5.13. The van der Waals surface area contributed by atoms with Crippen molar-refractivity contribution < 1.29 is 28.5 Å². The van der Waals surface area contributed by atoms with Gasteiger partial charge in [-0.1, -0.05) is 6.92 Å². The lowest BCUT2D eigenvalue weighted by atomic mass is 9.63. The Bertz CT molecular complexity index is 972. The van der Waals surface area contributed by atoms with E-state index in [1.165, 1.54) is 5.56 Å². The molecule has 2 heterocycles. The summed E-state index contributed by atoms with van der Waals surface area (Å²) in [6.07, 6.45) is 0. The highest BCUT2D eigenvalue weighted by atomic mass is 16.7. The fourth-order valence-corrected chi connectivity index (χ4v) is 5.13. The lowest BCUT2D eigenvalue weighted by molar-refractivity contribution is -0.141. The third-order valence-electron chi connectivity index (χ3n) is 6.69. The van der Waals surface area contributed by atoms with E-state index < -0.39 is 0 Å². The highest BCUT2D eigenvalue weighted by Gasteiger charge is 2.51. The second-order valence-electron chi connectivity index (χ2n) is 7.97. The van der Waals surface area contributed by atoms with Gasteiger partial charge in [0, 0.05) is 17.4 Å². The average Bonchev–Trinajstić information content (AvgIpc) is 3.34. The van der Waals surface area contributed by atoms with Crippen molar-refractivity contribution in [1.29, 1.82) is 0 Å². The summed E-state index contributed by atoms with van der Waals surface area (Å²) in [5.41, 5.74) is 4.16. The molecule has 3 aliphatic rings. The standard InChI is InChI=1S/C23H24O6/c1-11-14-7-19-20(29-10-28-19)8-15(14)21(22-16(11)9-27-23(22)24)13-5-17(25-3)12(2)18(6-13)26-4/h5-8,11,16,21-22H,9-10H2,1-4H3/t11?,16?,21?,22-/m0/s1. The zero-order valence-corrected chi connectivity index (χ0v) is 17.0. The predicted molar refractivity (Wildman–Crippen MR) is 105 cm³/mol. The van der Waals surface area contributed by atoms with E-state index in [0.29, 0.717) is 6.61 Å². The van der Waals surface area contributed by atoms with E-state index in [0.717, 1.165) is 39.7 Å². The summed E-state index contributed by atoms with van der Waals surface area (Å²) in [7, 11) is 3.29. The Morgan fingerprint density at radius 3 is 2.17 bits per heavy atom. The minimum absolute atomic E-state index is 0.110. The van der Waals surface area contributed by atoms with Gasteiger partial charge >= 0.3 is 5.97 Å². The molecular weight excluding hydrogens is 372 g/mol. The van der Waals surface area contributed by atoms with Gasteiger partial charge < -0.3 is 23.7 Å². The Balaban J connectivity index is 1.75. The van der Waals surface area contributed by atoms with Gasteiger partial charge in [0.2, 0.25) is 6.79 Å². The van der Waals surface area contributed by atoms with Gasteiger partial charge in [-0.05, 0) is 53.8 Å². The molecule has 0 radical (unpaired) electrons. The van der Waals surface area contributed by atoms with Gasteiger partial charge in [0.1, 0.15) is 11.5 Å². The minimum atomic E-state index is -0.255. The quantitative estimate of drug-likeness (QED) is 0.736. The lowest BCUT2D eigenvalue weighted by Crippen LogP contribution is -2.33. The van der Waals surface area contributed by atoms with Crippen molar-refractivity contribution in [1.82, 2.24) is 0 Å². The van der Waals surface area contributed by atoms with Crippen molar-refractivity contribution in [3.05, 3.63) is 46.5 Å². The molecule has 2 aromatic rings. The first kappa shape index (κ1) is 18.2. The number of esters is 1. The van der Waals surface area contributed by atoms with Crippen LogP contribution in [0.3, 0.4) is 0 Å². The fraction of sp³-hybridized carbons (Fsp3) is 0.435. The molecule has 6 nitrogen and oxygen atoms in total. The first-order valence-electron chi connectivity index (χ1n) is 9.86. The normalized spacial score (nSPS) is 26.6. The lowest BCUT2D eigenvalue weighted by Gasteiger charge is -2.38. The molecule has 2 aromatic carbocycles. The number of fused-ring (bicyclic) bond motifs is 3. The molecule has 4 atom stereocenters. The number of cyclic esters (lactones) is 1. The van der Waals surface area contributed by atoms with Crippen LogP contribution in [0.1, 0.15) is 41.0 Å². The molecule has 3 unspecified atom stereocenters. The largest absolute Gasteiger partial charge is 0.496 e. The monoisotopic (exact) mass is 396 g/mol. The molecule has 1 aliphatic carbocycles. The summed E-state index contributed by atoms with van der Waals surface area (Å²) in [6, 6.07) is 8.11. The van der Waals surface area contributed by atoms with E-state index in [-0.39, 0.29) is 36.4 Å². The molecule has 2 aliphatic heterocycles. The van der Waals surface area contributed by atoms with Crippen LogP contribution in [-0.2, 0) is 9.53 Å². The van der Waals surface area contributed by atoms with Crippen LogP contribution < -0.4 is 18.9 Å². The van der Waals surface area contributed by atoms with Crippen molar-refractivity contribution in [2.24, 2.45) is 11.8 Å². The van der Waals surface area contributed by atoms with Gasteiger partial charge in [0.05, 0.1) is 26.7 Å². The van der Waals surface area contributed by atoms with Crippen LogP contribution in [0.4, 0.5) is 0 Å². The van der Waals surface area contributed by atoms with Gasteiger partial charge in [-0.3, -0.25) is 4.79 Å². The van der Waals surface area contributed by atoms with Gasteiger partial charge in [-0.15, -0.1) is 0 Å². The number of rotatable bonds is 3. The van der Waals surface area contributed by atoms with Crippen LogP contribution in [0.2, 0.25) is 0 Å². The third-order valence-corrected chi connectivity index (χ3v) is 6.69. The predicted octanol–water partition coefficient (Wildman–Crippen LogP) is 3.78. The van der Waals surface area contributed by atoms with Gasteiger partial charge in [0.25, 0.3) is 0 Å². The Hall–Kier alpha value is -2.89. The van der Waals surface area contributed by atoms with Gasteiger partial charge in [0.15, 0.2) is 11.5 Å². The van der Waals surface area contributed by atoms with Crippen molar-refractivity contribution in [2.45, 2.75) is 25.7 Å². The Labute approximate surface area is 169 Å². The summed E-state index contributed by atoms with van der Waals surface area (Å²) in [5.74, 6) is 2.68. The van der Waals surface area contributed by atoms with Gasteiger partial charge in [-0.2, -0.15) is 0 Å². The van der Waals surface area contributed by atoms with Crippen LogP contribution in [-0.4, -0.2) is 33.6 Å². The molecule has 0 bridgehead atoms. The summed E-state index contributed by atoms with van der Waals surface area (Å²) in [5, 5.41) is 0. The molecule has 0 aromatic heterocycles. The third kappa shape index (κ3) is 2.58. The molecule has 0 spiro atoms. The van der Waals surface area contributed by atoms with Crippen molar-refractivity contribution in [3.8, 4) is 23.0 Å². The average molecular weight is 396 g/mol. The van der Waals surface area contributed by atoms with Crippen molar-refractivity contribution in [3.63, 3.8) is 0 Å². The zero-order chi connectivity index (χ0) is 20.3. The molecule has 0 saturated carbocycles. The van der Waals surface area contributed by atoms with Gasteiger partial charge in [-0.25, -0.2) is 0 Å². The topological polar surface area (TPSA) is 63.2 Å². The first-order valence-corrected chi connectivity index (χ1v) is 9.86. The molecule has 0 N–H and O–H groups in total. The first-order chi connectivity index (χ1) is 14.0. The number of carbonyl (C=O) groups excluding carboxylic acids is 1. The Morgan fingerprint density at radius 2 is 1.55 bits per heavy atom. The highest BCUT2D eigenvalue weighted by Crippen LogP contribution is 2.55. The molecule has 1 saturated heterocycles. The Morgan fingerprint density at radius 1 is 0.931 bits per heavy atom. The van der Waals surface area contributed by atoms with Crippen molar-refractivity contribution in [2.75, 3.05) is 27.6 Å².